The molecular formula is C13H17N3O2S. The van der Waals surface area contributed by atoms with Crippen molar-refractivity contribution >= 4 is 15.7 Å². The number of imidazole rings is 1. The van der Waals surface area contributed by atoms with Crippen LogP contribution >= 0.6 is 0 Å². The van der Waals surface area contributed by atoms with Crippen LogP contribution in [0, 0.1) is 0 Å². The topological polar surface area (TPSA) is 64.0 Å². The van der Waals surface area contributed by atoms with Crippen molar-refractivity contribution in [1.29, 1.82) is 0 Å². The Kier molecular flexibility index (Phi) is 3.90. The van der Waals surface area contributed by atoms with Crippen LogP contribution in [-0.4, -0.2) is 23.7 Å². The normalized spacial score (nSPS) is 11.5. The molecule has 0 radical (unpaired) electrons. The predicted molar refractivity (Wildman–Crippen MR) is 76.4 cm³/mol. The lowest BCUT2D eigenvalue weighted by Gasteiger charge is -2.09. The second-order valence-electron chi connectivity index (χ2n) is 4.12. The van der Waals surface area contributed by atoms with Crippen LogP contribution in [0.15, 0.2) is 36.7 Å². The number of nitrogens with one attached hydrogen (secondary N) is 1. The summed E-state index contributed by atoms with van der Waals surface area (Å²) in [5.41, 5.74) is 1.45. The van der Waals surface area contributed by atoms with Crippen LogP contribution in [0.1, 0.15) is 13.8 Å². The van der Waals surface area contributed by atoms with Crippen LogP contribution in [-0.2, 0) is 16.6 Å². The van der Waals surface area contributed by atoms with Crippen LogP contribution in [0.25, 0.3) is 11.4 Å². The molecule has 1 heterocycles. The molecule has 1 aromatic heterocycles. The second-order valence-corrected chi connectivity index (χ2v) is 6.13. The van der Waals surface area contributed by atoms with Crippen molar-refractivity contribution in [3.63, 3.8) is 0 Å². The van der Waals surface area contributed by atoms with Crippen molar-refractivity contribution in [3.05, 3.63) is 36.7 Å². The Hall–Kier alpha value is -1.82. The maximum Gasteiger partial charge on any atom is 0.232 e. The number of anilines is 1. The molecule has 0 amide bonds. The summed E-state index contributed by atoms with van der Waals surface area (Å²) in [6, 6.07) is 7.26. The lowest BCUT2D eigenvalue weighted by Crippen LogP contribution is -2.14. The SMILES string of the molecule is CCn1ccnc1-c1cccc(NS(=O)(=O)CC)c1. The molecule has 102 valence electrons. The number of rotatable bonds is 5. The Bertz CT molecular complexity index is 662. The van der Waals surface area contributed by atoms with Gasteiger partial charge in [0.25, 0.3) is 0 Å². The molecule has 6 heteroatoms. The van der Waals surface area contributed by atoms with Crippen molar-refractivity contribution in [1.82, 2.24) is 9.55 Å². The fourth-order valence-electron chi connectivity index (χ4n) is 1.80. The van der Waals surface area contributed by atoms with Gasteiger partial charge in [0.15, 0.2) is 0 Å². The van der Waals surface area contributed by atoms with Crippen molar-refractivity contribution in [2.24, 2.45) is 0 Å². The number of sulfonamides is 1. The zero-order valence-corrected chi connectivity index (χ0v) is 11.8. The predicted octanol–water partition coefficient (Wildman–Crippen LogP) is 2.33. The third-order valence-electron chi connectivity index (χ3n) is 2.83. The molecule has 0 saturated carbocycles. The minimum absolute atomic E-state index is 0.0564. The quantitative estimate of drug-likeness (QED) is 0.913. The first-order valence-electron chi connectivity index (χ1n) is 6.17. The van der Waals surface area contributed by atoms with Crippen LogP contribution in [0.3, 0.4) is 0 Å². The Morgan fingerprint density at radius 2 is 2.11 bits per heavy atom. The van der Waals surface area contributed by atoms with E-state index in [0.717, 1.165) is 17.9 Å². The monoisotopic (exact) mass is 279 g/mol. The van der Waals surface area contributed by atoms with E-state index in [1.807, 2.05) is 29.8 Å². The highest BCUT2D eigenvalue weighted by Gasteiger charge is 2.09. The summed E-state index contributed by atoms with van der Waals surface area (Å²) in [6.07, 6.45) is 3.64. The number of hydrogen-bond donors (Lipinski definition) is 1. The van der Waals surface area contributed by atoms with E-state index in [2.05, 4.69) is 9.71 Å². The molecule has 0 aliphatic rings. The minimum Gasteiger partial charge on any atom is -0.331 e. The van der Waals surface area contributed by atoms with Crippen molar-refractivity contribution in [2.45, 2.75) is 20.4 Å². The fourth-order valence-corrected chi connectivity index (χ4v) is 2.43. The number of hydrogen-bond acceptors (Lipinski definition) is 3. The van der Waals surface area contributed by atoms with E-state index >= 15 is 0 Å². The summed E-state index contributed by atoms with van der Waals surface area (Å²) in [5, 5.41) is 0. The van der Waals surface area contributed by atoms with Crippen LogP contribution in [0.2, 0.25) is 0 Å². The summed E-state index contributed by atoms with van der Waals surface area (Å²) in [4.78, 5) is 4.30. The van der Waals surface area contributed by atoms with Gasteiger partial charge in [0.2, 0.25) is 10.0 Å². The van der Waals surface area contributed by atoms with Gasteiger partial charge in [-0.15, -0.1) is 0 Å². The van der Waals surface area contributed by atoms with Crippen molar-refractivity contribution in [2.75, 3.05) is 10.5 Å². The molecule has 0 atom stereocenters. The summed E-state index contributed by atoms with van der Waals surface area (Å²) in [7, 11) is -3.25. The Morgan fingerprint density at radius 3 is 2.79 bits per heavy atom. The molecule has 0 spiro atoms. The van der Waals surface area contributed by atoms with Gasteiger partial charge in [-0.3, -0.25) is 4.72 Å². The molecule has 0 bridgehead atoms. The average molecular weight is 279 g/mol. The summed E-state index contributed by atoms with van der Waals surface area (Å²) < 4.78 is 27.7. The first-order valence-corrected chi connectivity index (χ1v) is 7.83. The van der Waals surface area contributed by atoms with E-state index < -0.39 is 10.0 Å². The van der Waals surface area contributed by atoms with E-state index in [0.29, 0.717) is 5.69 Å². The van der Waals surface area contributed by atoms with Crippen LogP contribution < -0.4 is 4.72 Å². The lowest BCUT2D eigenvalue weighted by molar-refractivity contribution is 0.602. The lowest BCUT2D eigenvalue weighted by atomic mass is 10.2. The second kappa shape index (κ2) is 5.44. The highest BCUT2D eigenvalue weighted by atomic mass is 32.2. The fraction of sp³-hybridized carbons (Fsp3) is 0.308. The smallest absolute Gasteiger partial charge is 0.232 e. The van der Waals surface area contributed by atoms with Gasteiger partial charge >= 0.3 is 0 Å². The highest BCUT2D eigenvalue weighted by Crippen LogP contribution is 2.21. The third-order valence-corrected chi connectivity index (χ3v) is 4.14. The number of benzene rings is 1. The molecular weight excluding hydrogens is 262 g/mol. The van der Waals surface area contributed by atoms with Gasteiger partial charge in [-0.25, -0.2) is 13.4 Å². The van der Waals surface area contributed by atoms with E-state index in [4.69, 9.17) is 0 Å². The zero-order valence-electron chi connectivity index (χ0n) is 11.0. The molecule has 0 unspecified atom stereocenters. The van der Waals surface area contributed by atoms with Gasteiger partial charge in [-0.05, 0) is 26.0 Å². The van der Waals surface area contributed by atoms with Gasteiger partial charge < -0.3 is 4.57 Å². The largest absolute Gasteiger partial charge is 0.331 e. The van der Waals surface area contributed by atoms with Gasteiger partial charge in [0, 0.05) is 30.2 Å². The minimum atomic E-state index is -3.25. The first-order chi connectivity index (χ1) is 9.05. The van der Waals surface area contributed by atoms with Crippen molar-refractivity contribution in [3.8, 4) is 11.4 Å². The van der Waals surface area contributed by atoms with Crippen LogP contribution in [0.5, 0.6) is 0 Å². The number of aromatic nitrogens is 2. The molecule has 2 aromatic rings. The Labute approximate surface area is 113 Å². The molecule has 0 aliphatic carbocycles. The summed E-state index contributed by atoms with van der Waals surface area (Å²) in [6.45, 7) is 4.46. The molecule has 5 nitrogen and oxygen atoms in total. The summed E-state index contributed by atoms with van der Waals surface area (Å²) in [5.74, 6) is 0.890. The Morgan fingerprint density at radius 1 is 1.32 bits per heavy atom. The molecule has 0 fully saturated rings. The van der Waals surface area contributed by atoms with E-state index in [1.165, 1.54) is 0 Å². The van der Waals surface area contributed by atoms with Crippen LogP contribution in [0.4, 0.5) is 5.69 Å². The van der Waals surface area contributed by atoms with Gasteiger partial charge in [0.1, 0.15) is 5.82 Å². The number of nitrogens with zero attached hydrogens (tertiary/aromatic N) is 2. The molecule has 1 N–H and O–H groups in total. The summed E-state index contributed by atoms with van der Waals surface area (Å²) >= 11 is 0. The van der Waals surface area contributed by atoms with E-state index in [-0.39, 0.29) is 5.75 Å². The van der Waals surface area contributed by atoms with Gasteiger partial charge in [0.05, 0.1) is 5.75 Å². The first kappa shape index (κ1) is 13.6. The number of aryl methyl sites for hydroxylation is 1. The zero-order chi connectivity index (χ0) is 13.9. The van der Waals surface area contributed by atoms with E-state index in [1.54, 1.807) is 25.3 Å². The highest BCUT2D eigenvalue weighted by molar-refractivity contribution is 7.92. The molecule has 2 rings (SSSR count). The maximum absolute atomic E-state index is 11.6. The van der Waals surface area contributed by atoms with Gasteiger partial charge in [-0.1, -0.05) is 12.1 Å². The maximum atomic E-state index is 11.6. The molecule has 0 saturated heterocycles. The standard InChI is InChI=1S/C13H17N3O2S/c1-3-16-9-8-14-13(16)11-6-5-7-12(10-11)15-19(17,18)4-2/h5-10,15H,3-4H2,1-2H3. The third kappa shape index (κ3) is 3.14. The molecule has 19 heavy (non-hydrogen) atoms. The van der Waals surface area contributed by atoms with Gasteiger partial charge in [-0.2, -0.15) is 0 Å². The average Bonchev–Trinajstić information content (AvgIpc) is 2.87. The molecule has 0 aliphatic heterocycles. The van der Waals surface area contributed by atoms with E-state index in [9.17, 15) is 8.42 Å². The van der Waals surface area contributed by atoms with Crippen molar-refractivity contribution < 1.29 is 8.42 Å². The molecule has 1 aromatic carbocycles. The Balaban J connectivity index is 2.35.